The zero-order valence-corrected chi connectivity index (χ0v) is 21.8. The van der Waals surface area contributed by atoms with E-state index in [0.717, 1.165) is 17.7 Å². The number of nitrogens with zero attached hydrogens (tertiary/aromatic N) is 1. The quantitative estimate of drug-likeness (QED) is 0.541. The Kier molecular flexibility index (Phi) is 9.57. The number of amides is 3. The first-order valence-electron chi connectivity index (χ1n) is 11.6. The summed E-state index contributed by atoms with van der Waals surface area (Å²) in [4.78, 5) is 41.4. The highest BCUT2D eigenvalue weighted by Gasteiger charge is 2.43. The molecule has 0 saturated heterocycles. The summed E-state index contributed by atoms with van der Waals surface area (Å²) in [6.07, 6.45) is 0.498. The lowest BCUT2D eigenvalue weighted by molar-refractivity contribution is -0.145. The number of hydrogen-bond acceptors (Lipinski definition) is 4. The number of carbonyl (C=O) groups excluding carboxylic acids is 3. The molecule has 2 aromatic rings. The minimum atomic E-state index is -1.13. The van der Waals surface area contributed by atoms with E-state index in [1.54, 1.807) is 26.1 Å². The van der Waals surface area contributed by atoms with Crippen molar-refractivity contribution in [2.75, 3.05) is 18.9 Å². The molecular weight excluding hydrogens is 490 g/mol. The van der Waals surface area contributed by atoms with Crippen LogP contribution in [0.4, 0.5) is 14.5 Å². The molecule has 3 amide bonds. The Bertz CT molecular complexity index is 1100. The number of para-hydroxylation sites is 1. The number of likely N-dealkylation sites (N-methyl/N-ethyl adjacent to an activating group) is 1. The molecule has 0 saturated carbocycles. The second kappa shape index (κ2) is 11.8. The van der Waals surface area contributed by atoms with Gasteiger partial charge in [0.2, 0.25) is 11.8 Å². The van der Waals surface area contributed by atoms with Crippen LogP contribution in [-0.4, -0.2) is 48.3 Å². The van der Waals surface area contributed by atoms with Gasteiger partial charge in [-0.2, -0.15) is 0 Å². The third-order valence-corrected chi connectivity index (χ3v) is 6.25. The lowest BCUT2D eigenvalue weighted by Crippen LogP contribution is -2.59. The lowest BCUT2D eigenvalue weighted by atomic mass is 9.83. The third-order valence-electron chi connectivity index (χ3n) is 6.25. The Balaban J connectivity index is 0.00000456. The van der Waals surface area contributed by atoms with Crippen molar-refractivity contribution in [1.29, 1.82) is 0 Å². The highest BCUT2D eigenvalue weighted by atomic mass is 35.5. The van der Waals surface area contributed by atoms with Gasteiger partial charge in [-0.15, -0.1) is 12.4 Å². The van der Waals surface area contributed by atoms with Crippen LogP contribution in [0.3, 0.4) is 0 Å². The molecule has 0 aromatic heterocycles. The van der Waals surface area contributed by atoms with Gasteiger partial charge in [0.1, 0.15) is 29.4 Å². The van der Waals surface area contributed by atoms with Crippen LogP contribution in [0.1, 0.15) is 44.9 Å². The first-order chi connectivity index (χ1) is 16.5. The molecule has 0 unspecified atom stereocenters. The van der Waals surface area contributed by atoms with Gasteiger partial charge in [-0.05, 0) is 49.1 Å². The van der Waals surface area contributed by atoms with Crippen LogP contribution in [0.2, 0.25) is 0 Å². The van der Waals surface area contributed by atoms with Gasteiger partial charge in [-0.3, -0.25) is 14.4 Å². The molecule has 0 radical (unpaired) electrons. The van der Waals surface area contributed by atoms with Gasteiger partial charge in [0.05, 0.1) is 6.04 Å². The zero-order chi connectivity index (χ0) is 25.9. The topological polar surface area (TPSA) is 90.5 Å². The summed E-state index contributed by atoms with van der Waals surface area (Å²) in [5, 5.41) is 8.00. The first-order valence-corrected chi connectivity index (χ1v) is 11.6. The van der Waals surface area contributed by atoms with E-state index >= 15 is 0 Å². The van der Waals surface area contributed by atoms with Gasteiger partial charge in [-0.1, -0.05) is 51.1 Å². The fourth-order valence-electron chi connectivity index (χ4n) is 4.11. The molecule has 2 aromatic carbocycles. The van der Waals surface area contributed by atoms with Crippen LogP contribution in [0.5, 0.6) is 0 Å². The summed E-state index contributed by atoms with van der Waals surface area (Å²) in [6, 6.07) is 7.87. The van der Waals surface area contributed by atoms with Crippen LogP contribution in [0, 0.1) is 17.0 Å². The number of carbonyl (C=O) groups is 3. The minimum absolute atomic E-state index is 0. The Morgan fingerprint density at radius 3 is 2.22 bits per heavy atom. The van der Waals surface area contributed by atoms with E-state index in [1.807, 2.05) is 32.9 Å². The maximum Gasteiger partial charge on any atom is 0.251 e. The summed E-state index contributed by atoms with van der Waals surface area (Å²) in [6.45, 7) is 7.35. The number of anilines is 1. The molecular formula is C26H33ClF2N4O3. The van der Waals surface area contributed by atoms with Crippen molar-refractivity contribution in [3.8, 4) is 0 Å². The van der Waals surface area contributed by atoms with Crippen molar-refractivity contribution in [1.82, 2.24) is 15.5 Å². The van der Waals surface area contributed by atoms with Crippen molar-refractivity contribution in [2.45, 2.75) is 52.2 Å². The number of rotatable bonds is 6. The van der Waals surface area contributed by atoms with Crippen LogP contribution in [0.15, 0.2) is 42.5 Å². The van der Waals surface area contributed by atoms with Gasteiger partial charge < -0.3 is 20.9 Å². The van der Waals surface area contributed by atoms with Crippen LogP contribution in [0.25, 0.3) is 0 Å². The molecule has 0 spiro atoms. The molecule has 1 heterocycles. The monoisotopic (exact) mass is 522 g/mol. The van der Waals surface area contributed by atoms with Crippen molar-refractivity contribution in [2.24, 2.45) is 5.41 Å². The summed E-state index contributed by atoms with van der Waals surface area (Å²) >= 11 is 0. The molecule has 7 nitrogen and oxygen atoms in total. The molecule has 3 N–H and O–H groups in total. The fourth-order valence-corrected chi connectivity index (χ4v) is 4.11. The molecule has 1 aliphatic heterocycles. The molecule has 10 heteroatoms. The maximum absolute atomic E-state index is 14.3. The first kappa shape index (κ1) is 29.2. The summed E-state index contributed by atoms with van der Waals surface area (Å²) < 4.78 is 28.6. The van der Waals surface area contributed by atoms with Crippen molar-refractivity contribution in [3.63, 3.8) is 0 Å². The summed E-state index contributed by atoms with van der Waals surface area (Å²) in [5.74, 6) is -3.37. The van der Waals surface area contributed by atoms with Crippen molar-refractivity contribution in [3.05, 3.63) is 65.2 Å². The minimum Gasteiger partial charge on any atom is -0.342 e. The van der Waals surface area contributed by atoms with E-state index in [0.29, 0.717) is 12.0 Å². The van der Waals surface area contributed by atoms with Gasteiger partial charge in [0.25, 0.3) is 5.91 Å². The van der Waals surface area contributed by atoms with E-state index in [-0.39, 0.29) is 24.9 Å². The van der Waals surface area contributed by atoms with Gasteiger partial charge in [0, 0.05) is 6.54 Å². The summed E-state index contributed by atoms with van der Waals surface area (Å²) in [7, 11) is 1.64. The number of halogens is 3. The van der Waals surface area contributed by atoms with E-state index in [4.69, 9.17) is 0 Å². The highest BCUT2D eigenvalue weighted by molar-refractivity contribution is 6.00. The van der Waals surface area contributed by atoms with Crippen molar-refractivity contribution < 1.29 is 23.2 Å². The smallest absolute Gasteiger partial charge is 0.251 e. The predicted molar refractivity (Wildman–Crippen MR) is 137 cm³/mol. The lowest BCUT2D eigenvalue weighted by Gasteiger charge is -2.41. The molecule has 196 valence electrons. The van der Waals surface area contributed by atoms with Gasteiger partial charge in [-0.25, -0.2) is 8.78 Å². The molecule has 36 heavy (non-hydrogen) atoms. The largest absolute Gasteiger partial charge is 0.342 e. The normalized spacial score (nSPS) is 16.8. The van der Waals surface area contributed by atoms with Gasteiger partial charge in [0.15, 0.2) is 0 Å². The number of nitrogens with one attached hydrogen (secondary N) is 3. The summed E-state index contributed by atoms with van der Waals surface area (Å²) in [5.41, 5.74) is 0.196. The van der Waals surface area contributed by atoms with Gasteiger partial charge >= 0.3 is 0 Å². The van der Waals surface area contributed by atoms with Crippen LogP contribution < -0.4 is 16.0 Å². The zero-order valence-electron chi connectivity index (χ0n) is 21.0. The number of benzene rings is 2. The number of hydrogen-bond donors (Lipinski definition) is 3. The Hall–Kier alpha value is -3.04. The third kappa shape index (κ3) is 6.20. The highest BCUT2D eigenvalue weighted by Crippen LogP contribution is 2.34. The average Bonchev–Trinajstić information content (AvgIpc) is 2.82. The molecule has 0 aliphatic carbocycles. The van der Waals surface area contributed by atoms with E-state index in [1.165, 1.54) is 11.0 Å². The van der Waals surface area contributed by atoms with E-state index in [2.05, 4.69) is 16.0 Å². The SMILES string of the molecule is CN[C@@H](C)C(=O)N[C@H](C(=O)N1CCc2ccccc2[C@H]1C(=O)Nc1c(F)cccc1F)C(C)(C)C.Cl. The Morgan fingerprint density at radius 2 is 1.64 bits per heavy atom. The molecule has 0 fully saturated rings. The Labute approximate surface area is 216 Å². The molecule has 0 bridgehead atoms. The molecule has 1 aliphatic rings. The molecule has 3 atom stereocenters. The second-order valence-corrected chi connectivity index (χ2v) is 9.79. The standard InChI is InChI=1S/C26H32F2N4O3.ClH/c1-15(29-5)23(33)31-22(26(2,3)4)25(35)32-14-13-16-9-6-7-10-17(16)21(32)24(34)30-20-18(27)11-8-12-19(20)28;/h6-12,15,21-22,29H,13-14H2,1-5H3,(H,30,34)(H,31,33);1H/t15-,21-,22+;/m0./s1. The second-order valence-electron chi connectivity index (χ2n) is 9.79. The van der Waals surface area contributed by atoms with Crippen LogP contribution >= 0.6 is 12.4 Å². The van der Waals surface area contributed by atoms with E-state index in [9.17, 15) is 23.2 Å². The number of fused-ring (bicyclic) bond motifs is 1. The maximum atomic E-state index is 14.3. The van der Waals surface area contributed by atoms with Crippen LogP contribution in [-0.2, 0) is 20.8 Å². The fraction of sp³-hybridized carbons (Fsp3) is 0.423. The molecule has 3 rings (SSSR count). The van der Waals surface area contributed by atoms with Crippen molar-refractivity contribution >= 4 is 35.8 Å². The Morgan fingerprint density at radius 1 is 1.03 bits per heavy atom. The predicted octanol–water partition coefficient (Wildman–Crippen LogP) is 3.59. The average molecular weight is 523 g/mol. The van der Waals surface area contributed by atoms with E-state index < -0.39 is 52.7 Å².